The molecular formula is C19H27N3O4. The SMILES string of the molecule is Cc1noc(C)c1CN1CC2(CCN(C(=O)[C@@H]3CCCO3)CC2)CC1=O. The fourth-order valence-electron chi connectivity index (χ4n) is 4.56. The third-order valence-corrected chi connectivity index (χ3v) is 6.28. The van der Waals surface area contributed by atoms with Crippen molar-refractivity contribution in [2.24, 2.45) is 5.41 Å². The number of amides is 2. The number of aromatic nitrogens is 1. The zero-order chi connectivity index (χ0) is 18.3. The van der Waals surface area contributed by atoms with Gasteiger partial charge in [0.05, 0.1) is 12.2 Å². The van der Waals surface area contributed by atoms with Crippen LogP contribution in [0.3, 0.4) is 0 Å². The number of rotatable bonds is 3. The zero-order valence-electron chi connectivity index (χ0n) is 15.6. The van der Waals surface area contributed by atoms with E-state index in [0.29, 0.717) is 19.6 Å². The largest absolute Gasteiger partial charge is 0.368 e. The number of carbonyl (C=O) groups is 2. The summed E-state index contributed by atoms with van der Waals surface area (Å²) in [4.78, 5) is 29.0. The van der Waals surface area contributed by atoms with Gasteiger partial charge in [-0.05, 0) is 39.5 Å². The van der Waals surface area contributed by atoms with Crippen LogP contribution in [0.2, 0.25) is 0 Å². The van der Waals surface area contributed by atoms with Crippen LogP contribution < -0.4 is 0 Å². The molecule has 0 unspecified atom stereocenters. The van der Waals surface area contributed by atoms with Crippen LogP contribution in [0, 0.1) is 19.3 Å². The maximum absolute atomic E-state index is 12.6. The highest BCUT2D eigenvalue weighted by Crippen LogP contribution is 2.42. The summed E-state index contributed by atoms with van der Waals surface area (Å²) < 4.78 is 10.8. The van der Waals surface area contributed by atoms with Crippen molar-refractivity contribution in [3.05, 3.63) is 17.0 Å². The molecule has 3 saturated heterocycles. The van der Waals surface area contributed by atoms with Crippen LogP contribution in [0.25, 0.3) is 0 Å². The van der Waals surface area contributed by atoms with E-state index in [2.05, 4.69) is 5.16 Å². The standard InChI is InChI=1S/C19H27N3O4/c1-13-15(14(2)26-20-13)11-22-12-19(10-17(22)23)5-7-21(8-6-19)18(24)16-4-3-9-25-16/h16H,3-12H2,1-2H3/t16-/m0/s1. The number of aryl methyl sites for hydroxylation is 2. The van der Waals surface area contributed by atoms with E-state index in [9.17, 15) is 9.59 Å². The Bertz CT molecular complexity index is 680. The minimum atomic E-state index is -0.245. The third-order valence-electron chi connectivity index (χ3n) is 6.28. The lowest BCUT2D eigenvalue weighted by atomic mass is 9.77. The van der Waals surface area contributed by atoms with E-state index in [1.165, 1.54) is 0 Å². The number of ether oxygens (including phenoxy) is 1. The lowest BCUT2D eigenvalue weighted by Crippen LogP contribution is -2.47. The van der Waals surface area contributed by atoms with Crippen molar-refractivity contribution in [2.45, 2.75) is 58.6 Å². The fourth-order valence-corrected chi connectivity index (χ4v) is 4.56. The van der Waals surface area contributed by atoms with E-state index in [1.807, 2.05) is 23.6 Å². The average Bonchev–Trinajstić information content (AvgIpc) is 3.33. The molecule has 0 radical (unpaired) electrons. The molecule has 4 rings (SSSR count). The lowest BCUT2D eigenvalue weighted by Gasteiger charge is -2.39. The molecule has 3 fully saturated rings. The molecule has 0 saturated carbocycles. The summed E-state index contributed by atoms with van der Waals surface area (Å²) in [7, 11) is 0. The first-order valence-electron chi connectivity index (χ1n) is 9.57. The van der Waals surface area contributed by atoms with Crippen molar-refractivity contribution >= 4 is 11.8 Å². The molecule has 0 N–H and O–H groups in total. The quantitative estimate of drug-likeness (QED) is 0.821. The van der Waals surface area contributed by atoms with Gasteiger partial charge in [-0.1, -0.05) is 5.16 Å². The third kappa shape index (κ3) is 3.13. The molecule has 0 bridgehead atoms. The summed E-state index contributed by atoms with van der Waals surface area (Å²) >= 11 is 0. The maximum atomic E-state index is 12.6. The first-order chi connectivity index (χ1) is 12.5. The van der Waals surface area contributed by atoms with Crippen LogP contribution in [-0.4, -0.2) is 59.1 Å². The van der Waals surface area contributed by atoms with E-state index in [-0.39, 0.29) is 23.3 Å². The van der Waals surface area contributed by atoms with Crippen molar-refractivity contribution in [1.29, 1.82) is 0 Å². The number of carbonyl (C=O) groups excluding carboxylic acids is 2. The van der Waals surface area contributed by atoms with Gasteiger partial charge in [-0.25, -0.2) is 0 Å². The summed E-state index contributed by atoms with van der Waals surface area (Å²) in [6, 6.07) is 0. The summed E-state index contributed by atoms with van der Waals surface area (Å²) in [6.45, 7) is 7.28. The highest BCUT2D eigenvalue weighted by Gasteiger charge is 2.46. The van der Waals surface area contributed by atoms with Crippen molar-refractivity contribution in [3.63, 3.8) is 0 Å². The first kappa shape index (κ1) is 17.5. The molecule has 2 amide bonds. The number of hydrogen-bond donors (Lipinski definition) is 0. The molecule has 26 heavy (non-hydrogen) atoms. The van der Waals surface area contributed by atoms with Crippen LogP contribution in [0.1, 0.15) is 49.1 Å². The Hall–Kier alpha value is -1.89. The molecule has 3 aliphatic rings. The number of nitrogens with zero attached hydrogens (tertiary/aromatic N) is 3. The van der Waals surface area contributed by atoms with Crippen molar-refractivity contribution < 1.29 is 18.8 Å². The van der Waals surface area contributed by atoms with Gasteiger partial charge in [0.1, 0.15) is 11.9 Å². The molecule has 3 aliphatic heterocycles. The number of likely N-dealkylation sites (tertiary alicyclic amines) is 2. The van der Waals surface area contributed by atoms with Crippen LogP contribution in [0.4, 0.5) is 0 Å². The average molecular weight is 361 g/mol. The molecule has 7 heteroatoms. The van der Waals surface area contributed by atoms with Crippen LogP contribution in [0.15, 0.2) is 4.52 Å². The molecule has 1 aromatic heterocycles. The molecule has 0 aromatic carbocycles. The highest BCUT2D eigenvalue weighted by atomic mass is 16.5. The van der Waals surface area contributed by atoms with E-state index in [0.717, 1.165) is 62.3 Å². The Kier molecular flexibility index (Phi) is 4.50. The monoisotopic (exact) mass is 361 g/mol. The Balaban J connectivity index is 1.37. The maximum Gasteiger partial charge on any atom is 0.251 e. The lowest BCUT2D eigenvalue weighted by molar-refractivity contribution is -0.143. The summed E-state index contributed by atoms with van der Waals surface area (Å²) in [5.74, 6) is 1.12. The van der Waals surface area contributed by atoms with Crippen molar-refractivity contribution in [1.82, 2.24) is 15.0 Å². The molecule has 1 aromatic rings. The van der Waals surface area contributed by atoms with E-state index < -0.39 is 0 Å². The van der Waals surface area contributed by atoms with Gasteiger partial charge in [-0.15, -0.1) is 0 Å². The number of hydrogen-bond acceptors (Lipinski definition) is 5. The topological polar surface area (TPSA) is 75.9 Å². The summed E-state index contributed by atoms with van der Waals surface area (Å²) in [5, 5.41) is 3.99. The van der Waals surface area contributed by atoms with Crippen LogP contribution in [0.5, 0.6) is 0 Å². The second kappa shape index (κ2) is 6.68. The summed E-state index contributed by atoms with van der Waals surface area (Å²) in [5.41, 5.74) is 1.87. The molecule has 7 nitrogen and oxygen atoms in total. The molecule has 142 valence electrons. The van der Waals surface area contributed by atoms with E-state index in [4.69, 9.17) is 9.26 Å². The molecular weight excluding hydrogens is 334 g/mol. The van der Waals surface area contributed by atoms with Gasteiger partial charge in [0.25, 0.3) is 5.91 Å². The molecule has 1 atom stereocenters. The van der Waals surface area contributed by atoms with Gasteiger partial charge in [-0.2, -0.15) is 0 Å². The van der Waals surface area contributed by atoms with Crippen LogP contribution in [-0.2, 0) is 20.9 Å². The van der Waals surface area contributed by atoms with Gasteiger partial charge < -0.3 is 19.1 Å². The van der Waals surface area contributed by atoms with Gasteiger partial charge in [-0.3, -0.25) is 9.59 Å². The smallest absolute Gasteiger partial charge is 0.251 e. The van der Waals surface area contributed by atoms with E-state index in [1.54, 1.807) is 0 Å². The zero-order valence-corrected chi connectivity index (χ0v) is 15.6. The van der Waals surface area contributed by atoms with E-state index >= 15 is 0 Å². The Morgan fingerprint density at radius 2 is 2.08 bits per heavy atom. The Morgan fingerprint density at radius 3 is 2.69 bits per heavy atom. The first-order valence-corrected chi connectivity index (χ1v) is 9.57. The Labute approximate surface area is 153 Å². The highest BCUT2D eigenvalue weighted by molar-refractivity contribution is 5.82. The second-order valence-corrected chi connectivity index (χ2v) is 8.06. The van der Waals surface area contributed by atoms with Crippen molar-refractivity contribution in [2.75, 3.05) is 26.2 Å². The van der Waals surface area contributed by atoms with Gasteiger partial charge in [0, 0.05) is 43.6 Å². The predicted molar refractivity (Wildman–Crippen MR) is 93.2 cm³/mol. The molecule has 1 spiro atoms. The second-order valence-electron chi connectivity index (χ2n) is 8.06. The van der Waals surface area contributed by atoms with Gasteiger partial charge in [0.15, 0.2) is 0 Å². The van der Waals surface area contributed by atoms with Gasteiger partial charge >= 0.3 is 0 Å². The van der Waals surface area contributed by atoms with Crippen molar-refractivity contribution in [3.8, 4) is 0 Å². The molecule has 4 heterocycles. The Morgan fingerprint density at radius 1 is 1.31 bits per heavy atom. The molecule has 0 aliphatic carbocycles. The van der Waals surface area contributed by atoms with Gasteiger partial charge in [0.2, 0.25) is 5.91 Å². The van der Waals surface area contributed by atoms with Crippen LogP contribution >= 0.6 is 0 Å². The fraction of sp³-hybridized carbons (Fsp3) is 0.737. The predicted octanol–water partition coefficient (Wildman–Crippen LogP) is 1.81. The summed E-state index contributed by atoms with van der Waals surface area (Å²) in [6.07, 6.45) is 3.91. The minimum absolute atomic E-state index is 0.00334. The number of piperidine rings is 1. The normalized spacial score (nSPS) is 25.5. The minimum Gasteiger partial charge on any atom is -0.368 e.